The number of nitrogens with zero attached hydrogens (tertiary/aromatic N) is 3. The molecule has 48 heavy (non-hydrogen) atoms. The molecule has 239 valence electrons. The maximum Gasteiger partial charge on any atom is 0.150 e. The summed E-state index contributed by atoms with van der Waals surface area (Å²) in [4.78, 5) is 9.06. The van der Waals surface area contributed by atoms with Crippen molar-refractivity contribution < 1.29 is 38.4 Å². The monoisotopic (exact) mass is 815 g/mol. The molecule has 0 bridgehead atoms. The van der Waals surface area contributed by atoms with Crippen LogP contribution in [0.25, 0.3) is 60.9 Å². The number of halogens is 3. The van der Waals surface area contributed by atoms with Gasteiger partial charge in [-0.05, 0) is 70.4 Å². The molecule has 0 saturated heterocycles. The van der Waals surface area contributed by atoms with Crippen molar-refractivity contribution in [3.05, 3.63) is 156 Å². The third-order valence-electron chi connectivity index (χ3n) is 7.99. The van der Waals surface area contributed by atoms with E-state index >= 15 is 0 Å². The minimum atomic E-state index is -0.699. The van der Waals surface area contributed by atoms with Crippen molar-refractivity contribution >= 4 is 32.6 Å². The number of aromatic hydroxyl groups is 1. The van der Waals surface area contributed by atoms with Crippen LogP contribution in [-0.4, -0.2) is 19.6 Å². The summed E-state index contributed by atoms with van der Waals surface area (Å²) in [6, 6.07) is 35.9. The molecule has 2 heterocycles. The molecule has 8 heteroatoms. The van der Waals surface area contributed by atoms with Crippen LogP contribution in [0.5, 0.6) is 5.75 Å². The van der Waals surface area contributed by atoms with Crippen molar-refractivity contribution in [2.75, 3.05) is 0 Å². The average Bonchev–Trinajstić information content (AvgIpc) is 3.43. The van der Waals surface area contributed by atoms with Crippen LogP contribution in [0.3, 0.4) is 0 Å². The van der Waals surface area contributed by atoms with Gasteiger partial charge in [0.15, 0.2) is 0 Å². The number of pyridine rings is 1. The fourth-order valence-electron chi connectivity index (χ4n) is 6.03. The Hall–Kier alpha value is -5.30. The summed E-state index contributed by atoms with van der Waals surface area (Å²) in [5.41, 5.74) is 5.36. The van der Waals surface area contributed by atoms with E-state index in [9.17, 15) is 18.3 Å². The summed E-state index contributed by atoms with van der Waals surface area (Å²) in [6.45, 7) is 4.09. The fraction of sp³-hybridized carbons (Fsp3) is 0.0500. The number of imidazole rings is 1. The summed E-state index contributed by atoms with van der Waals surface area (Å²) < 4.78 is 44.5. The van der Waals surface area contributed by atoms with Crippen LogP contribution in [0, 0.1) is 37.4 Å². The van der Waals surface area contributed by atoms with Crippen LogP contribution in [0.1, 0.15) is 11.1 Å². The van der Waals surface area contributed by atoms with Gasteiger partial charge in [-0.15, -0.1) is 34.9 Å². The number of aromatic nitrogens is 3. The van der Waals surface area contributed by atoms with Gasteiger partial charge < -0.3 is 10.1 Å². The van der Waals surface area contributed by atoms with Gasteiger partial charge in [-0.2, -0.15) is 0 Å². The van der Waals surface area contributed by atoms with Crippen LogP contribution >= 0.6 is 0 Å². The van der Waals surface area contributed by atoms with E-state index in [-0.39, 0.29) is 43.2 Å². The van der Waals surface area contributed by atoms with Gasteiger partial charge in [-0.3, -0.25) is 4.57 Å². The topological polar surface area (TPSA) is 50.9 Å². The number of para-hydroxylation sites is 4. The van der Waals surface area contributed by atoms with Gasteiger partial charge in [-0.1, -0.05) is 68.4 Å². The van der Waals surface area contributed by atoms with Gasteiger partial charge >= 0.3 is 0 Å². The summed E-state index contributed by atoms with van der Waals surface area (Å²) in [5, 5.41) is 13.5. The van der Waals surface area contributed by atoms with Gasteiger partial charge in [0.2, 0.25) is 0 Å². The predicted molar refractivity (Wildman–Crippen MR) is 181 cm³/mol. The Bertz CT molecular complexity index is 2420. The molecule has 0 aliphatic carbocycles. The van der Waals surface area contributed by atoms with Crippen LogP contribution in [0.4, 0.5) is 13.2 Å². The van der Waals surface area contributed by atoms with Crippen molar-refractivity contribution in [1.82, 2.24) is 14.5 Å². The molecule has 0 spiro atoms. The summed E-state index contributed by atoms with van der Waals surface area (Å²) in [7, 11) is 0. The van der Waals surface area contributed by atoms with Gasteiger partial charge in [-0.25, -0.2) is 18.2 Å². The molecule has 0 saturated carbocycles. The quantitative estimate of drug-likeness (QED) is 0.143. The van der Waals surface area contributed by atoms with Gasteiger partial charge in [0.05, 0.1) is 16.6 Å². The molecule has 1 radical (unpaired) electrons. The minimum Gasteiger partial charge on any atom is -0.507 e. The van der Waals surface area contributed by atoms with Crippen LogP contribution in [0.15, 0.2) is 121 Å². The molecular formula is C40H27F3IrN3O-. The minimum absolute atomic E-state index is 0. The molecule has 4 nitrogen and oxygen atoms in total. The van der Waals surface area contributed by atoms with Gasteiger partial charge in [0.1, 0.15) is 34.7 Å². The molecule has 0 atom stereocenters. The van der Waals surface area contributed by atoms with E-state index in [2.05, 4.69) is 35.1 Å². The van der Waals surface area contributed by atoms with Gasteiger partial charge in [0, 0.05) is 31.7 Å². The third-order valence-corrected chi connectivity index (χ3v) is 7.99. The molecule has 0 unspecified atom stereocenters. The van der Waals surface area contributed by atoms with E-state index < -0.39 is 11.6 Å². The van der Waals surface area contributed by atoms with Crippen molar-refractivity contribution in [1.29, 1.82) is 0 Å². The number of aryl methyl sites for hydroxylation is 2. The molecule has 2 aromatic heterocycles. The second-order valence-electron chi connectivity index (χ2n) is 11.3. The number of rotatable bonds is 3. The Balaban J connectivity index is 0.000000164. The Labute approximate surface area is 288 Å². The maximum absolute atomic E-state index is 14.4. The first-order chi connectivity index (χ1) is 22.8. The zero-order valence-corrected chi connectivity index (χ0v) is 28.2. The van der Waals surface area contributed by atoms with Crippen LogP contribution in [0.2, 0.25) is 0 Å². The number of hydrogen-bond donors (Lipinski definition) is 1. The molecule has 8 rings (SSSR count). The van der Waals surface area contributed by atoms with E-state index in [1.54, 1.807) is 54.7 Å². The molecular weight excluding hydrogens is 788 g/mol. The van der Waals surface area contributed by atoms with Crippen molar-refractivity contribution in [2.45, 2.75) is 13.8 Å². The van der Waals surface area contributed by atoms with E-state index in [0.29, 0.717) is 22.0 Å². The standard InChI is InChI=1S/C21H15FN.C19H12F2N2O.Ir/c1-13-9-14(2)11-16(10-13)21-20-15(7-8-23-21)12-19(22)17-5-3-4-6-18(17)20;20-13-7-5-8-14(21)18(13)23-16-10-3-2-9-15(16)22-19(23)12-6-1-4-11-17(12)24;/h3-10,12H,1-2H3;1-11,24H;/q-1;;. The summed E-state index contributed by atoms with van der Waals surface area (Å²) >= 11 is 0. The number of benzene rings is 6. The summed E-state index contributed by atoms with van der Waals surface area (Å²) in [5.74, 6) is -1.33. The van der Waals surface area contributed by atoms with E-state index in [4.69, 9.17) is 0 Å². The second kappa shape index (κ2) is 13.4. The zero-order valence-electron chi connectivity index (χ0n) is 25.8. The Kier molecular flexibility index (Phi) is 9.13. The largest absolute Gasteiger partial charge is 0.507 e. The smallest absolute Gasteiger partial charge is 0.150 e. The number of phenols is 1. The fourth-order valence-corrected chi connectivity index (χ4v) is 6.03. The van der Waals surface area contributed by atoms with E-state index in [1.807, 2.05) is 37.3 Å². The first kappa shape index (κ1) is 32.6. The molecule has 0 fully saturated rings. The Morgan fingerprint density at radius 3 is 2.15 bits per heavy atom. The van der Waals surface area contributed by atoms with Crippen LogP contribution in [-0.2, 0) is 20.1 Å². The van der Waals surface area contributed by atoms with Crippen LogP contribution < -0.4 is 0 Å². The van der Waals surface area contributed by atoms with Crippen molar-refractivity contribution in [2.24, 2.45) is 0 Å². The molecule has 1 N–H and O–H groups in total. The number of hydrogen-bond acceptors (Lipinski definition) is 3. The SMILES string of the molecule is Cc1[c-]c(-c2nccc3cc(F)c4ccccc4c23)cc(C)c1.Oc1ccccc1-c1nc2ccccc2n1-c1c(F)cccc1F.[Ir]. The molecule has 0 aliphatic heterocycles. The van der Waals surface area contributed by atoms with E-state index in [1.165, 1.54) is 34.4 Å². The predicted octanol–water partition coefficient (Wildman–Crippen LogP) is 10.3. The van der Waals surface area contributed by atoms with Crippen molar-refractivity contribution in [3.8, 4) is 34.1 Å². The second-order valence-corrected chi connectivity index (χ2v) is 11.3. The average molecular weight is 815 g/mol. The zero-order chi connectivity index (χ0) is 32.7. The Morgan fingerprint density at radius 1 is 0.708 bits per heavy atom. The first-order valence-corrected chi connectivity index (χ1v) is 15.0. The third kappa shape index (κ3) is 5.96. The molecule has 8 aromatic rings. The molecule has 0 aliphatic rings. The number of fused-ring (bicyclic) bond motifs is 4. The van der Waals surface area contributed by atoms with Crippen molar-refractivity contribution in [3.63, 3.8) is 0 Å². The number of phenolic OH excluding ortho intramolecular Hbond substituents is 1. The molecule has 6 aromatic carbocycles. The maximum atomic E-state index is 14.4. The van der Waals surface area contributed by atoms with Gasteiger partial charge in [0.25, 0.3) is 0 Å². The summed E-state index contributed by atoms with van der Waals surface area (Å²) in [6.07, 6.45) is 1.73. The van der Waals surface area contributed by atoms with E-state index in [0.717, 1.165) is 33.0 Å². The first-order valence-electron chi connectivity index (χ1n) is 15.0. The molecule has 0 amide bonds. The Morgan fingerprint density at radius 2 is 1.40 bits per heavy atom. The normalized spacial score (nSPS) is 10.9.